The molecule has 262 valence electrons. The quantitative estimate of drug-likeness (QED) is 0.172. The van der Waals surface area contributed by atoms with E-state index in [0.717, 1.165) is 50.1 Å². The van der Waals surface area contributed by atoms with Crippen molar-refractivity contribution < 1.29 is 29.0 Å². The molecular formula is C40H45N3O6S. The highest BCUT2D eigenvalue weighted by molar-refractivity contribution is 8.00. The van der Waals surface area contributed by atoms with Crippen molar-refractivity contribution in [3.8, 4) is 0 Å². The lowest BCUT2D eigenvalue weighted by Gasteiger charge is -2.56. The number of rotatable bonds is 8. The van der Waals surface area contributed by atoms with Crippen LogP contribution in [0.3, 0.4) is 0 Å². The number of ether oxygens (including phenoxy) is 1. The molecule has 3 aromatic rings. The van der Waals surface area contributed by atoms with Gasteiger partial charge in [0.15, 0.2) is 12.4 Å². The van der Waals surface area contributed by atoms with Crippen LogP contribution in [0.25, 0.3) is 21.8 Å². The van der Waals surface area contributed by atoms with Gasteiger partial charge in [0.2, 0.25) is 5.78 Å². The molecule has 0 saturated heterocycles. The molecule has 4 aliphatic carbocycles. The third-order valence-corrected chi connectivity index (χ3v) is 13.4. The highest BCUT2D eigenvalue weighted by atomic mass is 32.2. The van der Waals surface area contributed by atoms with Crippen LogP contribution in [0.5, 0.6) is 0 Å². The molecule has 7 rings (SSSR count). The Morgan fingerprint density at radius 3 is 2.24 bits per heavy atom. The number of Topliss-reactive ketones (excluding diaryl/α,β-unsaturated/α-hetero) is 2. The number of anilines is 2. The van der Waals surface area contributed by atoms with Gasteiger partial charge < -0.3 is 19.6 Å². The minimum atomic E-state index is -1.77. The van der Waals surface area contributed by atoms with Crippen molar-refractivity contribution in [2.24, 2.45) is 28.6 Å². The fourth-order valence-corrected chi connectivity index (χ4v) is 10.5. The van der Waals surface area contributed by atoms with Gasteiger partial charge in [0.25, 0.3) is 0 Å². The number of carbonyl (C=O) groups is 4. The molecule has 1 N–H and O–H groups in total. The zero-order valence-electron chi connectivity index (χ0n) is 29.6. The molecule has 3 saturated carbocycles. The predicted octanol–water partition coefficient (Wildman–Crippen LogP) is 5.94. The molecule has 50 heavy (non-hydrogen) atoms. The van der Waals surface area contributed by atoms with Crippen molar-refractivity contribution in [1.82, 2.24) is 4.98 Å². The van der Waals surface area contributed by atoms with E-state index in [1.165, 1.54) is 11.8 Å². The summed E-state index contributed by atoms with van der Waals surface area (Å²) in [6, 6.07) is 12.1. The maximum absolute atomic E-state index is 13.9. The maximum Gasteiger partial charge on any atom is 0.316 e. The van der Waals surface area contributed by atoms with Gasteiger partial charge in [0, 0.05) is 78.4 Å². The van der Waals surface area contributed by atoms with Crippen LogP contribution >= 0.6 is 11.8 Å². The van der Waals surface area contributed by atoms with Crippen LogP contribution in [-0.4, -0.2) is 79.6 Å². The average molecular weight is 696 g/mol. The molecule has 4 aliphatic rings. The fourth-order valence-electron chi connectivity index (χ4n) is 9.53. The Morgan fingerprint density at radius 1 is 0.980 bits per heavy atom. The first-order chi connectivity index (χ1) is 23.7. The summed E-state index contributed by atoms with van der Waals surface area (Å²) in [5.74, 6) is -1.49. The van der Waals surface area contributed by atoms with E-state index in [1.807, 2.05) is 94.3 Å². The third-order valence-electron chi connectivity index (χ3n) is 12.3. The summed E-state index contributed by atoms with van der Waals surface area (Å²) in [7, 11) is 7.91. The Hall–Kier alpha value is -4.02. The summed E-state index contributed by atoms with van der Waals surface area (Å²) in [5, 5.41) is 13.9. The highest BCUT2D eigenvalue weighted by Crippen LogP contribution is 2.66. The number of fused-ring (bicyclic) bond motifs is 7. The van der Waals surface area contributed by atoms with E-state index in [4.69, 9.17) is 9.72 Å². The molecule has 1 aromatic heterocycles. The van der Waals surface area contributed by atoms with E-state index in [0.29, 0.717) is 12.8 Å². The van der Waals surface area contributed by atoms with Gasteiger partial charge in [-0.15, -0.1) is 11.8 Å². The summed E-state index contributed by atoms with van der Waals surface area (Å²) >= 11 is 1.35. The van der Waals surface area contributed by atoms with Crippen LogP contribution in [0.1, 0.15) is 46.0 Å². The second-order valence-electron chi connectivity index (χ2n) is 15.4. The van der Waals surface area contributed by atoms with Gasteiger partial charge in [-0.25, -0.2) is 4.98 Å². The van der Waals surface area contributed by atoms with Gasteiger partial charge >= 0.3 is 5.97 Å². The predicted molar refractivity (Wildman–Crippen MR) is 197 cm³/mol. The first-order valence-corrected chi connectivity index (χ1v) is 18.4. The number of nitrogens with zero attached hydrogens (tertiary/aromatic N) is 3. The smallest absolute Gasteiger partial charge is 0.316 e. The molecule has 1 heterocycles. The fraction of sp³-hybridized carbons (Fsp3) is 0.475. The summed E-state index contributed by atoms with van der Waals surface area (Å²) in [5.41, 5.74) is 1.40. The molecule has 9 nitrogen and oxygen atoms in total. The van der Waals surface area contributed by atoms with Gasteiger partial charge in [-0.05, 0) is 86.1 Å². The van der Waals surface area contributed by atoms with Crippen LogP contribution < -0.4 is 9.80 Å². The maximum atomic E-state index is 13.9. The molecule has 3 fully saturated rings. The van der Waals surface area contributed by atoms with Crippen LogP contribution in [0.2, 0.25) is 0 Å². The number of hydrogen-bond donors (Lipinski definition) is 1. The number of aliphatic hydroxyl groups is 1. The molecule has 0 aliphatic heterocycles. The first-order valence-electron chi connectivity index (χ1n) is 17.4. The van der Waals surface area contributed by atoms with Crippen LogP contribution in [0.4, 0.5) is 11.4 Å². The Kier molecular flexibility index (Phi) is 8.49. The molecule has 0 bridgehead atoms. The number of ketones is 3. The minimum Gasteiger partial charge on any atom is -0.457 e. The SMILES string of the molecule is CN(C)c1ccc2c(SCC(=O)OCC(=O)[C@]3(O)CC[C@@H]4[C@H]5CCC6=CC(=O)C=C[C@@]6(C)[C@@H]5C(=O)C[C@]43C)c3ccc(N(C)C)cc3nc2c1. The normalized spacial score (nSPS) is 30.1. The topological polar surface area (TPSA) is 117 Å². The molecule has 6 atom stereocenters. The van der Waals surface area contributed by atoms with E-state index < -0.39 is 34.8 Å². The summed E-state index contributed by atoms with van der Waals surface area (Å²) < 4.78 is 5.55. The number of allylic oxidation sites excluding steroid dienone is 4. The van der Waals surface area contributed by atoms with Crippen molar-refractivity contribution in [1.29, 1.82) is 0 Å². The van der Waals surface area contributed by atoms with Crippen molar-refractivity contribution in [3.05, 3.63) is 60.2 Å². The van der Waals surface area contributed by atoms with Crippen LogP contribution in [0, 0.1) is 28.6 Å². The van der Waals surface area contributed by atoms with E-state index in [9.17, 15) is 24.3 Å². The van der Waals surface area contributed by atoms with Crippen molar-refractivity contribution in [2.45, 2.75) is 56.4 Å². The number of hydrogen-bond acceptors (Lipinski definition) is 10. The van der Waals surface area contributed by atoms with Gasteiger partial charge in [0.1, 0.15) is 11.4 Å². The standard InChI is InChI=1S/C40H45N3O6S/c1-38-15-13-26(44)17-23(38)7-10-27-30-14-16-40(48,39(30,2)20-33(45)36(27)38)34(46)21-49-35(47)22-50-37-28-11-8-24(42(3)4)18-31(28)41-32-19-25(43(5)6)9-12-29(32)37/h8-9,11-13,15,17-19,27,30,36,48H,7,10,14,16,20-22H2,1-6H3/t27-,30-,36+,38-,39-,40-/m1/s1. The molecule has 0 unspecified atom stereocenters. The lowest BCUT2D eigenvalue weighted by atomic mass is 9.46. The van der Waals surface area contributed by atoms with E-state index in [1.54, 1.807) is 12.2 Å². The monoisotopic (exact) mass is 695 g/mol. The lowest BCUT2D eigenvalue weighted by molar-refractivity contribution is -0.172. The van der Waals surface area contributed by atoms with Crippen LogP contribution in [0.15, 0.2) is 65.1 Å². The molecule has 0 spiro atoms. The molecule has 0 amide bonds. The van der Waals surface area contributed by atoms with E-state index >= 15 is 0 Å². The van der Waals surface area contributed by atoms with Gasteiger partial charge in [-0.2, -0.15) is 0 Å². The number of pyridine rings is 1. The highest BCUT2D eigenvalue weighted by Gasteiger charge is 2.68. The van der Waals surface area contributed by atoms with E-state index in [2.05, 4.69) is 0 Å². The first kappa shape index (κ1) is 34.4. The summed E-state index contributed by atoms with van der Waals surface area (Å²) in [6.07, 6.45) is 7.50. The largest absolute Gasteiger partial charge is 0.457 e. The van der Waals surface area contributed by atoms with Gasteiger partial charge in [-0.1, -0.05) is 25.5 Å². The number of thioether (sulfide) groups is 1. The zero-order chi connectivity index (χ0) is 35.7. The number of benzene rings is 2. The molecule has 10 heteroatoms. The van der Waals surface area contributed by atoms with Crippen molar-refractivity contribution in [3.63, 3.8) is 0 Å². The third kappa shape index (κ3) is 5.37. The Morgan fingerprint density at radius 2 is 1.62 bits per heavy atom. The van der Waals surface area contributed by atoms with Gasteiger partial charge in [0.05, 0.1) is 16.8 Å². The van der Waals surface area contributed by atoms with Crippen molar-refractivity contribution >= 4 is 68.3 Å². The van der Waals surface area contributed by atoms with Crippen LogP contribution in [-0.2, 0) is 23.9 Å². The van der Waals surface area contributed by atoms with Gasteiger partial charge in [-0.3, -0.25) is 19.2 Å². The Balaban J connectivity index is 1.07. The second kappa shape index (κ2) is 12.3. The molecular weight excluding hydrogens is 651 g/mol. The zero-order valence-corrected chi connectivity index (χ0v) is 30.4. The second-order valence-corrected chi connectivity index (χ2v) is 16.4. The summed E-state index contributed by atoms with van der Waals surface area (Å²) in [4.78, 5) is 63.0. The molecule has 2 aromatic carbocycles. The Labute approximate surface area is 297 Å². The number of carbonyl (C=O) groups excluding carboxylic acids is 4. The molecule has 0 radical (unpaired) electrons. The lowest BCUT2D eigenvalue weighted by Crippen LogP contribution is -2.60. The number of aromatic nitrogens is 1. The summed E-state index contributed by atoms with van der Waals surface area (Å²) in [6.45, 7) is 3.36. The van der Waals surface area contributed by atoms with Crippen molar-refractivity contribution in [2.75, 3.05) is 50.4 Å². The van der Waals surface area contributed by atoms with E-state index in [-0.39, 0.29) is 47.9 Å². The Bertz CT molecular complexity index is 1950. The average Bonchev–Trinajstić information content (AvgIpc) is 3.35. The minimum absolute atomic E-state index is 0.00496. The number of esters is 1.